The summed E-state index contributed by atoms with van der Waals surface area (Å²) in [4.78, 5) is 0. The van der Waals surface area contributed by atoms with Crippen molar-refractivity contribution in [2.45, 2.75) is 38.2 Å². The summed E-state index contributed by atoms with van der Waals surface area (Å²) in [5, 5.41) is 3.28. The van der Waals surface area contributed by atoms with Crippen LogP contribution in [0.4, 0.5) is 0 Å². The quantitative estimate of drug-likeness (QED) is 0.565. The lowest BCUT2D eigenvalue weighted by molar-refractivity contribution is -0.202. The number of hydrogen-bond donors (Lipinski definition) is 1. The molecule has 0 radical (unpaired) electrons. The molecule has 0 saturated carbocycles. The van der Waals surface area contributed by atoms with Crippen molar-refractivity contribution in [1.29, 1.82) is 0 Å². The highest BCUT2D eigenvalue weighted by Crippen LogP contribution is 2.28. The first kappa shape index (κ1) is 7.53. The van der Waals surface area contributed by atoms with Gasteiger partial charge in [0, 0.05) is 13.0 Å². The van der Waals surface area contributed by atoms with E-state index in [0.717, 1.165) is 19.6 Å². The molecule has 64 valence electrons. The standard InChI is InChI=1S/C8H15NO2/c1-7-6-10-8(11-7)4-2-3-5-9-8/h7,9H,2-6H2,1H3/t7-,8-/m0/s1. The van der Waals surface area contributed by atoms with Gasteiger partial charge in [-0.1, -0.05) is 0 Å². The first-order valence-electron chi connectivity index (χ1n) is 4.38. The molecule has 0 aromatic heterocycles. The molecule has 2 heterocycles. The predicted octanol–water partition coefficient (Wildman–Crippen LogP) is 0.849. The van der Waals surface area contributed by atoms with Crippen LogP contribution in [0.1, 0.15) is 26.2 Å². The molecule has 2 fully saturated rings. The van der Waals surface area contributed by atoms with Crippen molar-refractivity contribution >= 4 is 0 Å². The minimum absolute atomic E-state index is 0.251. The van der Waals surface area contributed by atoms with E-state index in [4.69, 9.17) is 9.47 Å². The Kier molecular flexibility index (Phi) is 1.87. The molecule has 1 N–H and O–H groups in total. The van der Waals surface area contributed by atoms with E-state index in [0.29, 0.717) is 0 Å². The minimum atomic E-state index is -0.405. The molecule has 3 nitrogen and oxygen atoms in total. The van der Waals surface area contributed by atoms with Crippen molar-refractivity contribution in [1.82, 2.24) is 5.32 Å². The SMILES string of the molecule is C[C@H]1CO[C@@]2(CCCCN2)O1. The van der Waals surface area contributed by atoms with Crippen LogP contribution >= 0.6 is 0 Å². The third-order valence-corrected chi connectivity index (χ3v) is 2.27. The van der Waals surface area contributed by atoms with Crippen LogP contribution in [0.2, 0.25) is 0 Å². The molecule has 2 rings (SSSR count). The summed E-state index contributed by atoms with van der Waals surface area (Å²) < 4.78 is 11.2. The molecule has 2 aliphatic heterocycles. The molecule has 0 amide bonds. The van der Waals surface area contributed by atoms with Crippen LogP contribution in [0, 0.1) is 0 Å². The van der Waals surface area contributed by atoms with Gasteiger partial charge in [0.05, 0.1) is 12.7 Å². The Labute approximate surface area is 67.1 Å². The number of rotatable bonds is 0. The molecular weight excluding hydrogens is 142 g/mol. The first-order valence-corrected chi connectivity index (χ1v) is 4.38. The zero-order valence-electron chi connectivity index (χ0n) is 6.93. The van der Waals surface area contributed by atoms with E-state index in [1.807, 2.05) is 6.92 Å². The highest BCUT2D eigenvalue weighted by Gasteiger charge is 2.40. The van der Waals surface area contributed by atoms with Gasteiger partial charge in [0.15, 0.2) is 0 Å². The zero-order chi connectivity index (χ0) is 7.73. The summed E-state index contributed by atoms with van der Waals surface area (Å²) in [6, 6.07) is 0. The normalized spacial score (nSPS) is 45.0. The fourth-order valence-corrected chi connectivity index (χ4v) is 1.72. The lowest BCUT2D eigenvalue weighted by Gasteiger charge is -2.32. The average Bonchev–Trinajstić information content (AvgIpc) is 2.34. The van der Waals surface area contributed by atoms with E-state index in [9.17, 15) is 0 Å². The topological polar surface area (TPSA) is 30.5 Å². The maximum atomic E-state index is 5.66. The number of piperidine rings is 1. The van der Waals surface area contributed by atoms with Crippen molar-refractivity contribution in [3.05, 3.63) is 0 Å². The predicted molar refractivity (Wildman–Crippen MR) is 41.1 cm³/mol. The van der Waals surface area contributed by atoms with Gasteiger partial charge in [0.25, 0.3) is 0 Å². The Morgan fingerprint density at radius 3 is 2.91 bits per heavy atom. The number of nitrogens with one attached hydrogen (secondary N) is 1. The van der Waals surface area contributed by atoms with Gasteiger partial charge in [-0.15, -0.1) is 0 Å². The van der Waals surface area contributed by atoms with E-state index in [1.54, 1.807) is 0 Å². The van der Waals surface area contributed by atoms with Gasteiger partial charge in [-0.25, -0.2) is 0 Å². The van der Waals surface area contributed by atoms with Crippen molar-refractivity contribution in [2.75, 3.05) is 13.2 Å². The van der Waals surface area contributed by atoms with E-state index in [1.165, 1.54) is 12.8 Å². The van der Waals surface area contributed by atoms with Crippen molar-refractivity contribution in [2.24, 2.45) is 0 Å². The second kappa shape index (κ2) is 2.73. The van der Waals surface area contributed by atoms with Crippen LogP contribution < -0.4 is 5.32 Å². The Balaban J connectivity index is 1.98. The number of ether oxygens (including phenoxy) is 2. The summed E-state index contributed by atoms with van der Waals surface area (Å²) in [5.41, 5.74) is 0. The van der Waals surface area contributed by atoms with E-state index >= 15 is 0 Å². The molecular formula is C8H15NO2. The van der Waals surface area contributed by atoms with Crippen molar-refractivity contribution in [3.8, 4) is 0 Å². The van der Waals surface area contributed by atoms with Gasteiger partial charge in [0.1, 0.15) is 0 Å². The molecule has 1 spiro atoms. The third-order valence-electron chi connectivity index (χ3n) is 2.27. The van der Waals surface area contributed by atoms with Gasteiger partial charge in [0.2, 0.25) is 5.91 Å². The fourth-order valence-electron chi connectivity index (χ4n) is 1.72. The Morgan fingerprint density at radius 1 is 1.45 bits per heavy atom. The van der Waals surface area contributed by atoms with Crippen LogP contribution in [0.3, 0.4) is 0 Å². The summed E-state index contributed by atoms with van der Waals surface area (Å²) in [6.45, 7) is 3.80. The molecule has 2 atom stereocenters. The molecule has 0 aliphatic carbocycles. The van der Waals surface area contributed by atoms with Gasteiger partial charge in [-0.2, -0.15) is 0 Å². The maximum absolute atomic E-state index is 5.66. The summed E-state index contributed by atoms with van der Waals surface area (Å²) in [7, 11) is 0. The molecule has 0 aromatic carbocycles. The molecule has 3 heteroatoms. The third kappa shape index (κ3) is 1.41. The van der Waals surface area contributed by atoms with Gasteiger partial charge in [-0.3, -0.25) is 5.32 Å². The van der Waals surface area contributed by atoms with E-state index in [-0.39, 0.29) is 6.10 Å². The summed E-state index contributed by atoms with van der Waals surface area (Å²) >= 11 is 0. The monoisotopic (exact) mass is 157 g/mol. The maximum Gasteiger partial charge on any atom is 0.227 e. The number of hydrogen-bond acceptors (Lipinski definition) is 3. The van der Waals surface area contributed by atoms with Crippen molar-refractivity contribution in [3.63, 3.8) is 0 Å². The molecule has 0 unspecified atom stereocenters. The Bertz CT molecular complexity index is 138. The van der Waals surface area contributed by atoms with Gasteiger partial charge >= 0.3 is 0 Å². The smallest absolute Gasteiger partial charge is 0.227 e. The minimum Gasteiger partial charge on any atom is -0.335 e. The second-order valence-corrected chi connectivity index (χ2v) is 3.38. The summed E-state index contributed by atoms with van der Waals surface area (Å²) in [5.74, 6) is -0.405. The molecule has 0 bridgehead atoms. The lowest BCUT2D eigenvalue weighted by Crippen LogP contribution is -2.49. The highest BCUT2D eigenvalue weighted by atomic mass is 16.8. The van der Waals surface area contributed by atoms with Gasteiger partial charge in [-0.05, 0) is 19.8 Å². The fraction of sp³-hybridized carbons (Fsp3) is 1.00. The lowest BCUT2D eigenvalue weighted by atomic mass is 10.1. The Hall–Kier alpha value is -0.120. The first-order chi connectivity index (χ1) is 5.31. The highest BCUT2D eigenvalue weighted by molar-refractivity contribution is 4.78. The van der Waals surface area contributed by atoms with Crippen LogP contribution in [-0.2, 0) is 9.47 Å². The summed E-state index contributed by atoms with van der Waals surface area (Å²) in [6.07, 6.45) is 3.69. The van der Waals surface area contributed by atoms with Gasteiger partial charge < -0.3 is 9.47 Å². The largest absolute Gasteiger partial charge is 0.335 e. The van der Waals surface area contributed by atoms with E-state index < -0.39 is 5.91 Å². The van der Waals surface area contributed by atoms with E-state index in [2.05, 4.69) is 5.32 Å². The molecule has 11 heavy (non-hydrogen) atoms. The van der Waals surface area contributed by atoms with Crippen LogP contribution in [-0.4, -0.2) is 25.2 Å². The van der Waals surface area contributed by atoms with Crippen molar-refractivity contribution < 1.29 is 9.47 Å². The molecule has 2 saturated heterocycles. The zero-order valence-corrected chi connectivity index (χ0v) is 6.93. The average molecular weight is 157 g/mol. The van der Waals surface area contributed by atoms with Crippen LogP contribution in [0.15, 0.2) is 0 Å². The van der Waals surface area contributed by atoms with Crippen LogP contribution in [0.5, 0.6) is 0 Å². The second-order valence-electron chi connectivity index (χ2n) is 3.38. The molecule has 2 aliphatic rings. The Morgan fingerprint density at radius 2 is 2.36 bits per heavy atom. The molecule has 0 aromatic rings. The van der Waals surface area contributed by atoms with Crippen LogP contribution in [0.25, 0.3) is 0 Å².